The van der Waals surface area contributed by atoms with Gasteiger partial charge in [0.25, 0.3) is 0 Å². The van der Waals surface area contributed by atoms with Crippen LogP contribution in [-0.4, -0.2) is 21.4 Å². The van der Waals surface area contributed by atoms with Gasteiger partial charge in [0.1, 0.15) is 11.9 Å². The molecule has 6 nitrogen and oxygen atoms in total. The third-order valence-electron chi connectivity index (χ3n) is 3.95. The van der Waals surface area contributed by atoms with E-state index in [-0.39, 0.29) is 24.1 Å². The molecule has 120 valence electrons. The Hall–Kier alpha value is -3.22. The average molecular weight is 324 g/mol. The molecule has 0 spiro atoms. The van der Waals surface area contributed by atoms with Crippen LogP contribution in [0.1, 0.15) is 12.5 Å². The Bertz CT molecular complexity index is 949. The molecule has 0 saturated carbocycles. The van der Waals surface area contributed by atoms with Crippen LogP contribution in [0.2, 0.25) is 0 Å². The van der Waals surface area contributed by atoms with Gasteiger partial charge in [-0.1, -0.05) is 12.1 Å². The van der Waals surface area contributed by atoms with E-state index in [1.54, 1.807) is 4.57 Å². The minimum absolute atomic E-state index is 0.0312. The van der Waals surface area contributed by atoms with Gasteiger partial charge in [-0.25, -0.2) is 9.37 Å². The van der Waals surface area contributed by atoms with Crippen LogP contribution < -0.4 is 10.6 Å². The van der Waals surface area contributed by atoms with Gasteiger partial charge in [0, 0.05) is 5.69 Å². The molecular formula is C17H13FN4O2. The van der Waals surface area contributed by atoms with Crippen LogP contribution in [0.25, 0.3) is 11.0 Å². The standard InChI is InChI=1S/C17H13FN4O2/c18-10-5-7-11(8-6-10)19-15(23)9-14-16(24)21-17-20-12-3-1-2-4-13(12)22(14)17/h1-8,14H,9H2,(H,19,23)(H,20,21,24)/t14-/m0/s1. The summed E-state index contributed by atoms with van der Waals surface area (Å²) < 4.78 is 14.6. The smallest absolute Gasteiger partial charge is 0.250 e. The van der Waals surface area contributed by atoms with Crippen LogP contribution in [0.15, 0.2) is 48.5 Å². The topological polar surface area (TPSA) is 76.0 Å². The van der Waals surface area contributed by atoms with Crippen molar-refractivity contribution in [1.29, 1.82) is 0 Å². The summed E-state index contributed by atoms with van der Waals surface area (Å²) in [5.41, 5.74) is 2.04. The number of carbonyl (C=O) groups is 2. The molecule has 24 heavy (non-hydrogen) atoms. The average Bonchev–Trinajstić information content (AvgIpc) is 3.06. The number of hydrogen-bond donors (Lipinski definition) is 2. The van der Waals surface area contributed by atoms with E-state index in [1.807, 2.05) is 24.3 Å². The van der Waals surface area contributed by atoms with Crippen molar-refractivity contribution in [1.82, 2.24) is 9.55 Å². The van der Waals surface area contributed by atoms with Crippen molar-refractivity contribution in [2.45, 2.75) is 12.5 Å². The van der Waals surface area contributed by atoms with Crippen LogP contribution in [-0.2, 0) is 9.59 Å². The first kappa shape index (κ1) is 14.4. The zero-order chi connectivity index (χ0) is 16.7. The molecule has 4 rings (SSSR count). The van der Waals surface area contributed by atoms with Gasteiger partial charge in [-0.2, -0.15) is 0 Å². The van der Waals surface area contributed by atoms with E-state index in [0.717, 1.165) is 11.0 Å². The van der Waals surface area contributed by atoms with Crippen molar-refractivity contribution < 1.29 is 14.0 Å². The lowest BCUT2D eigenvalue weighted by Crippen LogP contribution is -2.23. The van der Waals surface area contributed by atoms with Gasteiger partial charge in [-0.15, -0.1) is 0 Å². The molecule has 2 amide bonds. The van der Waals surface area contributed by atoms with E-state index in [9.17, 15) is 14.0 Å². The summed E-state index contributed by atoms with van der Waals surface area (Å²) in [6.45, 7) is 0. The summed E-state index contributed by atoms with van der Waals surface area (Å²) in [7, 11) is 0. The first-order valence-electron chi connectivity index (χ1n) is 7.45. The second kappa shape index (κ2) is 5.45. The van der Waals surface area contributed by atoms with Crippen molar-refractivity contribution in [3.8, 4) is 0 Å². The van der Waals surface area contributed by atoms with Crippen molar-refractivity contribution in [3.63, 3.8) is 0 Å². The summed E-state index contributed by atoms with van der Waals surface area (Å²) in [5.74, 6) is -0.525. The molecule has 2 N–H and O–H groups in total. The Kier molecular flexibility index (Phi) is 3.26. The summed E-state index contributed by atoms with van der Waals surface area (Å²) in [6.07, 6.45) is -0.0312. The number of nitrogens with zero attached hydrogens (tertiary/aromatic N) is 2. The lowest BCUT2D eigenvalue weighted by molar-refractivity contribution is -0.123. The monoisotopic (exact) mass is 324 g/mol. The molecule has 0 unspecified atom stereocenters. The maximum Gasteiger partial charge on any atom is 0.250 e. The third-order valence-corrected chi connectivity index (χ3v) is 3.95. The van der Waals surface area contributed by atoms with Crippen molar-refractivity contribution in [2.24, 2.45) is 0 Å². The fourth-order valence-electron chi connectivity index (χ4n) is 2.86. The number of nitrogens with one attached hydrogen (secondary N) is 2. The molecule has 0 bridgehead atoms. The van der Waals surface area contributed by atoms with E-state index in [1.165, 1.54) is 24.3 Å². The highest BCUT2D eigenvalue weighted by Crippen LogP contribution is 2.32. The summed E-state index contributed by atoms with van der Waals surface area (Å²) in [6, 6.07) is 12.2. The molecule has 0 saturated heterocycles. The van der Waals surface area contributed by atoms with E-state index in [0.29, 0.717) is 11.6 Å². The lowest BCUT2D eigenvalue weighted by Gasteiger charge is -2.12. The maximum absolute atomic E-state index is 12.9. The Balaban J connectivity index is 1.58. The summed E-state index contributed by atoms with van der Waals surface area (Å²) in [5, 5.41) is 5.37. The number of aromatic nitrogens is 2. The minimum Gasteiger partial charge on any atom is -0.326 e. The molecule has 1 aliphatic heterocycles. The first-order chi connectivity index (χ1) is 11.6. The van der Waals surface area contributed by atoms with Crippen molar-refractivity contribution in [3.05, 3.63) is 54.3 Å². The molecule has 0 fully saturated rings. The van der Waals surface area contributed by atoms with Crippen LogP contribution in [0.3, 0.4) is 0 Å². The van der Waals surface area contributed by atoms with Gasteiger partial charge in [-0.05, 0) is 36.4 Å². The SMILES string of the molecule is O=C(C[C@H]1C(=O)Nc2nc3ccccc3n21)Nc1ccc(F)cc1. The number of amides is 2. The molecule has 0 aliphatic carbocycles. The number of hydrogen-bond acceptors (Lipinski definition) is 3. The predicted octanol–water partition coefficient (Wildman–Crippen LogP) is 2.70. The Morgan fingerprint density at radius 3 is 2.75 bits per heavy atom. The van der Waals surface area contributed by atoms with Crippen LogP contribution in [0, 0.1) is 5.82 Å². The first-order valence-corrected chi connectivity index (χ1v) is 7.45. The third kappa shape index (κ3) is 2.40. The van der Waals surface area contributed by atoms with Gasteiger partial charge in [-0.3, -0.25) is 19.5 Å². The highest BCUT2D eigenvalue weighted by molar-refractivity contribution is 6.03. The molecular weight excluding hydrogens is 311 g/mol. The number of anilines is 2. The summed E-state index contributed by atoms with van der Waals surface area (Å²) in [4.78, 5) is 28.8. The highest BCUT2D eigenvalue weighted by Gasteiger charge is 2.34. The minimum atomic E-state index is -0.659. The molecule has 0 radical (unpaired) electrons. The molecule has 2 aromatic carbocycles. The zero-order valence-corrected chi connectivity index (χ0v) is 12.5. The number of rotatable bonds is 3. The number of carbonyl (C=O) groups excluding carboxylic acids is 2. The number of fused-ring (bicyclic) bond motifs is 3. The number of benzene rings is 2. The Morgan fingerprint density at radius 2 is 1.96 bits per heavy atom. The van der Waals surface area contributed by atoms with Gasteiger partial charge >= 0.3 is 0 Å². The van der Waals surface area contributed by atoms with E-state index < -0.39 is 6.04 Å². The molecule has 1 atom stereocenters. The van der Waals surface area contributed by atoms with Gasteiger partial charge < -0.3 is 5.32 Å². The van der Waals surface area contributed by atoms with Gasteiger partial charge in [0.15, 0.2) is 0 Å². The van der Waals surface area contributed by atoms with E-state index in [4.69, 9.17) is 0 Å². The summed E-state index contributed by atoms with van der Waals surface area (Å²) >= 11 is 0. The van der Waals surface area contributed by atoms with E-state index >= 15 is 0 Å². The molecule has 3 aromatic rings. The Labute approximate surface area is 136 Å². The highest BCUT2D eigenvalue weighted by atomic mass is 19.1. The quantitative estimate of drug-likeness (QED) is 0.778. The van der Waals surface area contributed by atoms with E-state index in [2.05, 4.69) is 15.6 Å². The zero-order valence-electron chi connectivity index (χ0n) is 12.5. The second-order valence-corrected chi connectivity index (χ2v) is 5.56. The normalized spacial score (nSPS) is 16.0. The van der Waals surface area contributed by atoms with Gasteiger partial charge in [0.05, 0.1) is 17.5 Å². The second-order valence-electron chi connectivity index (χ2n) is 5.56. The lowest BCUT2D eigenvalue weighted by atomic mass is 10.1. The molecule has 1 aliphatic rings. The molecule has 7 heteroatoms. The predicted molar refractivity (Wildman–Crippen MR) is 87.0 cm³/mol. The number of imidazole rings is 1. The fraction of sp³-hybridized carbons (Fsp3) is 0.118. The molecule has 1 aromatic heterocycles. The number of halogens is 1. The van der Waals surface area contributed by atoms with Crippen molar-refractivity contribution in [2.75, 3.05) is 10.6 Å². The Morgan fingerprint density at radius 1 is 1.21 bits per heavy atom. The van der Waals surface area contributed by atoms with Crippen LogP contribution in [0.5, 0.6) is 0 Å². The maximum atomic E-state index is 12.9. The number of para-hydroxylation sites is 2. The van der Waals surface area contributed by atoms with Crippen molar-refractivity contribution >= 4 is 34.5 Å². The fourth-order valence-corrected chi connectivity index (χ4v) is 2.86. The van der Waals surface area contributed by atoms with Crippen LogP contribution >= 0.6 is 0 Å². The largest absolute Gasteiger partial charge is 0.326 e. The van der Waals surface area contributed by atoms with Gasteiger partial charge in [0.2, 0.25) is 17.8 Å². The molecule has 2 heterocycles. The van der Waals surface area contributed by atoms with Crippen LogP contribution in [0.4, 0.5) is 16.0 Å².